The Kier molecular flexibility index (Phi) is 9.29. The van der Waals surface area contributed by atoms with Crippen molar-refractivity contribution >= 4 is 7.82 Å². The van der Waals surface area contributed by atoms with Crippen molar-refractivity contribution in [3.63, 3.8) is 0 Å². The van der Waals surface area contributed by atoms with Gasteiger partial charge in [0, 0.05) is 0 Å². The molecule has 0 fully saturated rings. The summed E-state index contributed by atoms with van der Waals surface area (Å²) in [6.45, 7) is 2.40. The molecule has 0 aliphatic heterocycles. The van der Waals surface area contributed by atoms with Gasteiger partial charge in [-0.1, -0.05) is 13.3 Å². The van der Waals surface area contributed by atoms with Crippen LogP contribution < -0.4 is 0 Å². The molecule has 0 aromatic rings. The van der Waals surface area contributed by atoms with E-state index in [2.05, 4.69) is 9.05 Å². The van der Waals surface area contributed by atoms with Gasteiger partial charge in [-0.25, -0.2) is 4.57 Å². The maximum atomic E-state index is 11.1. The molecule has 0 aliphatic carbocycles. The van der Waals surface area contributed by atoms with Crippen molar-refractivity contribution in [3.05, 3.63) is 0 Å². The number of phosphoric ester groups is 1. The maximum absolute atomic E-state index is 11.1. The van der Waals surface area contributed by atoms with Gasteiger partial charge >= 0.3 is 7.82 Å². The fraction of sp³-hybridized carbons (Fsp3) is 1.00. The maximum Gasteiger partial charge on any atom is 0.472 e. The Labute approximate surface area is 89.8 Å². The SMILES string of the molecule is CCCCOP(=O)(O)OCCOCCO. The molecule has 0 rings (SSSR count). The molecule has 0 aromatic carbocycles. The molecule has 0 spiro atoms. The molecule has 15 heavy (non-hydrogen) atoms. The zero-order valence-corrected chi connectivity index (χ0v) is 9.82. The molecule has 0 saturated carbocycles. The predicted molar refractivity (Wildman–Crippen MR) is 54.5 cm³/mol. The van der Waals surface area contributed by atoms with Crippen LogP contribution in [0.15, 0.2) is 0 Å². The zero-order chi connectivity index (χ0) is 11.6. The molecule has 6 nitrogen and oxygen atoms in total. The number of aliphatic hydroxyl groups excluding tert-OH is 1. The standard InChI is InChI=1S/C8H19O6P/c1-2-3-5-13-15(10,11)14-8-7-12-6-4-9/h9H,2-8H2,1H3,(H,10,11). The van der Waals surface area contributed by atoms with Gasteiger partial charge in [-0.2, -0.15) is 0 Å². The van der Waals surface area contributed by atoms with Gasteiger partial charge in [0.1, 0.15) is 0 Å². The van der Waals surface area contributed by atoms with Crippen molar-refractivity contribution in [2.45, 2.75) is 19.8 Å². The molecule has 0 aromatic heterocycles. The average Bonchev–Trinajstić information content (AvgIpc) is 2.17. The molecule has 0 radical (unpaired) electrons. The first kappa shape index (κ1) is 15.0. The summed E-state index contributed by atoms with van der Waals surface area (Å²) in [5.74, 6) is 0. The lowest BCUT2D eigenvalue weighted by molar-refractivity contribution is 0.0566. The Morgan fingerprint density at radius 2 is 1.80 bits per heavy atom. The molecular weight excluding hydrogens is 223 g/mol. The highest BCUT2D eigenvalue weighted by Gasteiger charge is 2.19. The van der Waals surface area contributed by atoms with Gasteiger partial charge in [-0.3, -0.25) is 9.05 Å². The molecule has 0 bridgehead atoms. The summed E-state index contributed by atoms with van der Waals surface area (Å²) in [5.41, 5.74) is 0. The van der Waals surface area contributed by atoms with Crippen LogP contribution in [-0.2, 0) is 18.3 Å². The van der Waals surface area contributed by atoms with E-state index in [1.807, 2.05) is 6.92 Å². The number of unbranched alkanes of at least 4 members (excludes halogenated alkanes) is 1. The first-order valence-electron chi connectivity index (χ1n) is 4.93. The van der Waals surface area contributed by atoms with Crippen LogP contribution in [0.2, 0.25) is 0 Å². The van der Waals surface area contributed by atoms with E-state index in [4.69, 9.17) is 14.7 Å². The van der Waals surface area contributed by atoms with Gasteiger partial charge in [0.15, 0.2) is 0 Å². The summed E-state index contributed by atoms with van der Waals surface area (Å²) >= 11 is 0. The lowest BCUT2D eigenvalue weighted by Gasteiger charge is -2.11. The minimum atomic E-state index is -3.91. The smallest absolute Gasteiger partial charge is 0.394 e. The van der Waals surface area contributed by atoms with E-state index in [1.165, 1.54) is 0 Å². The summed E-state index contributed by atoms with van der Waals surface area (Å²) in [5, 5.41) is 8.37. The number of hydrogen-bond donors (Lipinski definition) is 2. The van der Waals surface area contributed by atoms with Crippen LogP contribution in [0.1, 0.15) is 19.8 Å². The first-order valence-corrected chi connectivity index (χ1v) is 6.42. The third-order valence-corrected chi connectivity index (χ3v) is 2.49. The Morgan fingerprint density at radius 3 is 2.40 bits per heavy atom. The van der Waals surface area contributed by atoms with Gasteiger partial charge in [0.05, 0.1) is 33.0 Å². The first-order chi connectivity index (χ1) is 7.12. The average molecular weight is 242 g/mol. The quantitative estimate of drug-likeness (QED) is 0.438. The number of rotatable bonds is 10. The van der Waals surface area contributed by atoms with Crippen LogP contribution in [0.4, 0.5) is 0 Å². The highest BCUT2D eigenvalue weighted by molar-refractivity contribution is 7.47. The van der Waals surface area contributed by atoms with Crippen LogP contribution in [0.3, 0.4) is 0 Å². The van der Waals surface area contributed by atoms with Gasteiger partial charge in [0.2, 0.25) is 0 Å². The van der Waals surface area contributed by atoms with Crippen LogP contribution in [-0.4, -0.2) is 43.0 Å². The van der Waals surface area contributed by atoms with Crippen molar-refractivity contribution in [3.8, 4) is 0 Å². The van der Waals surface area contributed by atoms with E-state index in [0.717, 1.165) is 12.8 Å². The second-order valence-corrected chi connectivity index (χ2v) is 4.28. The lowest BCUT2D eigenvalue weighted by atomic mass is 10.4. The van der Waals surface area contributed by atoms with Crippen LogP contribution in [0, 0.1) is 0 Å². The highest BCUT2D eigenvalue weighted by atomic mass is 31.2. The number of aliphatic hydroxyl groups is 1. The molecule has 0 amide bonds. The molecule has 0 heterocycles. The third kappa shape index (κ3) is 10.3. The van der Waals surface area contributed by atoms with Crippen LogP contribution in [0.5, 0.6) is 0 Å². The van der Waals surface area contributed by atoms with Crippen LogP contribution >= 0.6 is 7.82 Å². The fourth-order valence-corrected chi connectivity index (χ4v) is 1.48. The Balaban J connectivity index is 3.43. The van der Waals surface area contributed by atoms with Gasteiger partial charge < -0.3 is 14.7 Å². The van der Waals surface area contributed by atoms with E-state index < -0.39 is 7.82 Å². The second-order valence-electron chi connectivity index (χ2n) is 2.82. The van der Waals surface area contributed by atoms with E-state index >= 15 is 0 Å². The summed E-state index contributed by atoms with van der Waals surface area (Å²) in [6.07, 6.45) is 1.61. The van der Waals surface area contributed by atoms with Crippen molar-refractivity contribution in [1.29, 1.82) is 0 Å². The van der Waals surface area contributed by atoms with E-state index in [-0.39, 0.29) is 33.0 Å². The second kappa shape index (κ2) is 9.27. The topological polar surface area (TPSA) is 85.2 Å². The Bertz CT molecular complexity index is 186. The molecule has 92 valence electrons. The van der Waals surface area contributed by atoms with Crippen molar-refractivity contribution in [2.75, 3.05) is 33.0 Å². The molecular formula is C8H19O6P. The summed E-state index contributed by atoms with van der Waals surface area (Å²) < 4.78 is 25.2. The van der Waals surface area contributed by atoms with Gasteiger partial charge in [0.25, 0.3) is 0 Å². The molecule has 1 atom stereocenters. The Hall–Kier alpha value is 0.0300. The predicted octanol–water partition coefficient (Wildman–Crippen LogP) is 0.929. The number of ether oxygens (including phenoxy) is 1. The third-order valence-electron chi connectivity index (χ3n) is 1.47. The summed E-state index contributed by atoms with van der Waals surface area (Å²) in [7, 11) is -3.91. The highest BCUT2D eigenvalue weighted by Crippen LogP contribution is 2.42. The lowest BCUT2D eigenvalue weighted by Crippen LogP contribution is -2.07. The van der Waals surface area contributed by atoms with E-state index in [1.54, 1.807) is 0 Å². The molecule has 0 saturated heterocycles. The normalized spacial score (nSPS) is 15.1. The summed E-state index contributed by atoms with van der Waals surface area (Å²) in [6, 6.07) is 0. The number of hydrogen-bond acceptors (Lipinski definition) is 5. The largest absolute Gasteiger partial charge is 0.472 e. The van der Waals surface area contributed by atoms with Crippen molar-refractivity contribution in [1.82, 2.24) is 0 Å². The van der Waals surface area contributed by atoms with Gasteiger partial charge in [-0.05, 0) is 6.42 Å². The Morgan fingerprint density at radius 1 is 1.13 bits per heavy atom. The molecule has 2 N–H and O–H groups in total. The van der Waals surface area contributed by atoms with Crippen molar-refractivity contribution < 1.29 is 28.3 Å². The molecule has 1 unspecified atom stereocenters. The minimum Gasteiger partial charge on any atom is -0.394 e. The minimum absolute atomic E-state index is 0.0279. The number of phosphoric acid groups is 1. The monoisotopic (exact) mass is 242 g/mol. The van der Waals surface area contributed by atoms with E-state index in [0.29, 0.717) is 0 Å². The van der Waals surface area contributed by atoms with E-state index in [9.17, 15) is 4.57 Å². The molecule has 0 aliphatic rings. The van der Waals surface area contributed by atoms with Crippen LogP contribution in [0.25, 0.3) is 0 Å². The van der Waals surface area contributed by atoms with Gasteiger partial charge in [-0.15, -0.1) is 0 Å². The van der Waals surface area contributed by atoms with Crippen molar-refractivity contribution in [2.24, 2.45) is 0 Å². The fourth-order valence-electron chi connectivity index (χ4n) is 0.740. The molecule has 7 heteroatoms. The zero-order valence-electron chi connectivity index (χ0n) is 8.92. The summed E-state index contributed by atoms with van der Waals surface area (Å²) in [4.78, 5) is 9.10.